The van der Waals surface area contributed by atoms with Crippen molar-refractivity contribution in [3.05, 3.63) is 16.1 Å². The van der Waals surface area contributed by atoms with Crippen molar-refractivity contribution in [2.75, 3.05) is 0 Å². The topological polar surface area (TPSA) is 30.0 Å². The number of carbonyl (C=O) groups excluding carboxylic acids is 1. The van der Waals surface area contributed by atoms with E-state index in [-0.39, 0.29) is 11.3 Å². The van der Waals surface area contributed by atoms with E-state index in [1.165, 1.54) is 0 Å². The molecule has 1 unspecified atom stereocenters. The van der Waals surface area contributed by atoms with Gasteiger partial charge in [-0.05, 0) is 0 Å². The zero-order valence-electron chi connectivity index (χ0n) is 10.8. The molecule has 0 saturated heterocycles. The number of carbonyl (C=O) groups is 1. The lowest BCUT2D eigenvalue weighted by Crippen LogP contribution is -2.14. The number of aromatic nitrogens is 1. The number of hydrogen-bond acceptors (Lipinski definition) is 3. The third-order valence-corrected chi connectivity index (χ3v) is 3.57. The Labute approximate surface area is 102 Å². The van der Waals surface area contributed by atoms with Gasteiger partial charge < -0.3 is 0 Å². The van der Waals surface area contributed by atoms with Crippen molar-refractivity contribution in [1.29, 1.82) is 0 Å². The van der Waals surface area contributed by atoms with Crippen molar-refractivity contribution in [3.63, 3.8) is 0 Å². The molecule has 0 saturated carbocycles. The molecule has 0 fully saturated rings. The minimum absolute atomic E-state index is 0.101. The quantitative estimate of drug-likeness (QED) is 0.803. The van der Waals surface area contributed by atoms with E-state index in [0.29, 0.717) is 12.2 Å². The molecule has 16 heavy (non-hydrogen) atoms. The first kappa shape index (κ1) is 13.4. The second-order valence-electron chi connectivity index (χ2n) is 5.30. The molecule has 1 aromatic rings. The summed E-state index contributed by atoms with van der Waals surface area (Å²) in [7, 11) is 0. The van der Waals surface area contributed by atoms with Crippen LogP contribution in [0.1, 0.15) is 51.7 Å². The smallest absolute Gasteiger partial charge is 0.135 e. The summed E-state index contributed by atoms with van der Waals surface area (Å²) in [6.07, 6.45) is 1.41. The highest BCUT2D eigenvalue weighted by atomic mass is 32.1. The van der Waals surface area contributed by atoms with Crippen LogP contribution < -0.4 is 0 Å². The fourth-order valence-electron chi connectivity index (χ4n) is 1.47. The van der Waals surface area contributed by atoms with E-state index in [2.05, 4.69) is 31.1 Å². The van der Waals surface area contributed by atoms with Gasteiger partial charge in [0.05, 0.1) is 10.7 Å². The Morgan fingerprint density at radius 2 is 2.12 bits per heavy atom. The molecule has 0 bridgehead atoms. The second kappa shape index (κ2) is 5.09. The molecular weight excluding hydrogens is 218 g/mol. The van der Waals surface area contributed by atoms with Gasteiger partial charge in [-0.1, -0.05) is 34.6 Å². The second-order valence-corrected chi connectivity index (χ2v) is 6.24. The van der Waals surface area contributed by atoms with Crippen molar-refractivity contribution < 1.29 is 4.79 Å². The van der Waals surface area contributed by atoms with Crippen LogP contribution in [0.2, 0.25) is 0 Å². The molecule has 1 rings (SSSR count). The van der Waals surface area contributed by atoms with E-state index in [4.69, 9.17) is 0 Å². The molecule has 0 aliphatic rings. The van der Waals surface area contributed by atoms with Crippen LogP contribution in [0.25, 0.3) is 0 Å². The number of hydrogen-bond donors (Lipinski definition) is 0. The van der Waals surface area contributed by atoms with Crippen LogP contribution in [-0.2, 0) is 16.6 Å². The van der Waals surface area contributed by atoms with E-state index in [1.54, 1.807) is 11.3 Å². The Kier molecular flexibility index (Phi) is 4.25. The molecule has 0 spiro atoms. The van der Waals surface area contributed by atoms with Crippen LogP contribution in [0, 0.1) is 5.92 Å². The first-order chi connectivity index (χ1) is 7.34. The summed E-state index contributed by atoms with van der Waals surface area (Å²) in [6.45, 7) is 10.4. The number of nitrogens with zero attached hydrogens (tertiary/aromatic N) is 1. The number of thiazole rings is 1. The zero-order chi connectivity index (χ0) is 12.3. The monoisotopic (exact) mass is 239 g/mol. The normalized spacial score (nSPS) is 13.8. The molecule has 0 aliphatic heterocycles. The van der Waals surface area contributed by atoms with Gasteiger partial charge in [-0.2, -0.15) is 0 Å². The Morgan fingerprint density at radius 3 is 2.56 bits per heavy atom. The van der Waals surface area contributed by atoms with Gasteiger partial charge in [0.25, 0.3) is 0 Å². The van der Waals surface area contributed by atoms with E-state index < -0.39 is 0 Å². The Balaban J connectivity index is 2.69. The fourth-order valence-corrected chi connectivity index (χ4v) is 2.62. The standard InChI is InChI=1S/C13H21NOS/c1-6-10(15)9(2)7-12-14-11(8-16-12)13(3,4)5/h8-9H,6-7H2,1-5H3. The van der Waals surface area contributed by atoms with E-state index in [9.17, 15) is 4.79 Å². The number of Topliss-reactive ketones (excluding diaryl/α,β-unsaturated/α-hetero) is 1. The molecular formula is C13H21NOS. The molecule has 0 amide bonds. The van der Waals surface area contributed by atoms with Crippen LogP contribution >= 0.6 is 11.3 Å². The van der Waals surface area contributed by atoms with Gasteiger partial charge in [0.1, 0.15) is 5.78 Å². The van der Waals surface area contributed by atoms with Gasteiger partial charge in [-0.3, -0.25) is 4.79 Å². The Hall–Kier alpha value is -0.700. The van der Waals surface area contributed by atoms with Crippen molar-refractivity contribution in [3.8, 4) is 0 Å². The van der Waals surface area contributed by atoms with Gasteiger partial charge in [-0.15, -0.1) is 11.3 Å². The Morgan fingerprint density at radius 1 is 1.50 bits per heavy atom. The summed E-state index contributed by atoms with van der Waals surface area (Å²) >= 11 is 1.67. The zero-order valence-corrected chi connectivity index (χ0v) is 11.6. The summed E-state index contributed by atoms with van der Waals surface area (Å²) in [4.78, 5) is 16.1. The average molecular weight is 239 g/mol. The SMILES string of the molecule is CCC(=O)C(C)Cc1nc(C(C)(C)C)cs1. The van der Waals surface area contributed by atoms with Crippen molar-refractivity contribution >= 4 is 17.1 Å². The van der Waals surface area contributed by atoms with E-state index in [0.717, 1.165) is 17.1 Å². The highest BCUT2D eigenvalue weighted by Crippen LogP contribution is 2.25. The lowest BCUT2D eigenvalue weighted by Gasteiger charge is -2.14. The molecule has 1 heterocycles. The summed E-state index contributed by atoms with van der Waals surface area (Å²) in [5.41, 5.74) is 1.23. The van der Waals surface area contributed by atoms with Crippen LogP contribution in [0.5, 0.6) is 0 Å². The molecule has 0 aliphatic carbocycles. The molecule has 0 N–H and O–H groups in total. The molecule has 90 valence electrons. The summed E-state index contributed by atoms with van der Waals surface area (Å²) in [6, 6.07) is 0. The maximum atomic E-state index is 11.5. The first-order valence-electron chi connectivity index (χ1n) is 5.82. The molecule has 0 radical (unpaired) electrons. The molecule has 2 nitrogen and oxygen atoms in total. The lowest BCUT2D eigenvalue weighted by atomic mass is 9.93. The van der Waals surface area contributed by atoms with Gasteiger partial charge in [0.15, 0.2) is 0 Å². The summed E-state index contributed by atoms with van der Waals surface area (Å²) in [5.74, 6) is 0.427. The van der Waals surface area contributed by atoms with Gasteiger partial charge in [-0.25, -0.2) is 4.98 Å². The van der Waals surface area contributed by atoms with Gasteiger partial charge in [0, 0.05) is 29.6 Å². The predicted molar refractivity (Wildman–Crippen MR) is 69.0 cm³/mol. The maximum absolute atomic E-state index is 11.5. The van der Waals surface area contributed by atoms with Crippen molar-refractivity contribution in [2.45, 2.75) is 52.9 Å². The van der Waals surface area contributed by atoms with Crippen LogP contribution in [0.4, 0.5) is 0 Å². The number of ketones is 1. The predicted octanol–water partition coefficient (Wildman–Crippen LogP) is 3.60. The molecule has 0 aromatic carbocycles. The van der Waals surface area contributed by atoms with Crippen LogP contribution in [0.3, 0.4) is 0 Å². The molecule has 1 aromatic heterocycles. The average Bonchev–Trinajstić information content (AvgIpc) is 2.64. The minimum atomic E-state index is 0.101. The largest absolute Gasteiger partial charge is 0.299 e. The number of rotatable bonds is 4. The highest BCUT2D eigenvalue weighted by molar-refractivity contribution is 7.09. The van der Waals surface area contributed by atoms with Crippen molar-refractivity contribution in [2.24, 2.45) is 5.92 Å². The van der Waals surface area contributed by atoms with Gasteiger partial charge >= 0.3 is 0 Å². The minimum Gasteiger partial charge on any atom is -0.299 e. The fraction of sp³-hybridized carbons (Fsp3) is 0.692. The highest BCUT2D eigenvalue weighted by Gasteiger charge is 2.19. The van der Waals surface area contributed by atoms with Gasteiger partial charge in [0.2, 0.25) is 0 Å². The van der Waals surface area contributed by atoms with Crippen LogP contribution in [-0.4, -0.2) is 10.8 Å². The Bertz CT molecular complexity index is 362. The lowest BCUT2D eigenvalue weighted by molar-refractivity contribution is -0.122. The summed E-state index contributed by atoms with van der Waals surface area (Å²) < 4.78 is 0. The third kappa shape index (κ3) is 3.41. The third-order valence-electron chi connectivity index (χ3n) is 2.70. The maximum Gasteiger partial charge on any atom is 0.135 e. The first-order valence-corrected chi connectivity index (χ1v) is 6.70. The van der Waals surface area contributed by atoms with E-state index >= 15 is 0 Å². The van der Waals surface area contributed by atoms with Crippen molar-refractivity contribution in [1.82, 2.24) is 4.98 Å². The summed E-state index contributed by atoms with van der Waals surface area (Å²) in [5, 5.41) is 3.19. The van der Waals surface area contributed by atoms with Crippen LogP contribution in [0.15, 0.2) is 5.38 Å². The molecule has 3 heteroatoms. The van der Waals surface area contributed by atoms with E-state index in [1.807, 2.05) is 13.8 Å². The molecule has 1 atom stereocenters.